The van der Waals surface area contributed by atoms with E-state index in [9.17, 15) is 4.79 Å². The minimum atomic E-state index is -0.0238. The fraction of sp³-hybridized carbons (Fsp3) is 0.524. The Balaban J connectivity index is 1.27. The van der Waals surface area contributed by atoms with Gasteiger partial charge in [-0.05, 0) is 50.7 Å². The van der Waals surface area contributed by atoms with Crippen molar-refractivity contribution in [3.63, 3.8) is 0 Å². The summed E-state index contributed by atoms with van der Waals surface area (Å²) >= 11 is 0. The Morgan fingerprint density at radius 2 is 1.96 bits per heavy atom. The summed E-state index contributed by atoms with van der Waals surface area (Å²) in [5.41, 5.74) is 2.98. The lowest BCUT2D eigenvalue weighted by Gasteiger charge is -2.33. The number of carbonyl (C=O) groups excluding carboxylic acids is 1. The molecule has 2 aliphatic heterocycles. The molecule has 5 rings (SSSR count). The van der Waals surface area contributed by atoms with E-state index >= 15 is 0 Å². The van der Waals surface area contributed by atoms with Gasteiger partial charge in [0.2, 0.25) is 5.76 Å². The summed E-state index contributed by atoms with van der Waals surface area (Å²) in [5, 5.41) is 7.68. The highest BCUT2D eigenvalue weighted by Crippen LogP contribution is 2.33. The van der Waals surface area contributed by atoms with Gasteiger partial charge in [0.1, 0.15) is 13.2 Å². The molecule has 7 heteroatoms. The molecule has 1 aromatic carbocycles. The van der Waals surface area contributed by atoms with Crippen LogP contribution in [0.2, 0.25) is 0 Å². The molecular weight excluding hydrogens is 358 g/mol. The van der Waals surface area contributed by atoms with Crippen LogP contribution in [0, 0.1) is 0 Å². The van der Waals surface area contributed by atoms with Crippen molar-refractivity contribution < 1.29 is 18.8 Å². The first kappa shape index (κ1) is 17.4. The molecule has 1 atom stereocenters. The van der Waals surface area contributed by atoms with E-state index in [4.69, 9.17) is 14.0 Å². The molecule has 2 aromatic rings. The van der Waals surface area contributed by atoms with Crippen LogP contribution in [-0.2, 0) is 12.8 Å². The maximum absolute atomic E-state index is 13.1. The fourth-order valence-electron chi connectivity index (χ4n) is 4.35. The first-order valence-electron chi connectivity index (χ1n) is 10.2. The number of anilines is 1. The average molecular weight is 383 g/mol. The Hall–Kier alpha value is -2.70. The number of hydrogen-bond acceptors (Lipinski definition) is 6. The van der Waals surface area contributed by atoms with E-state index in [1.54, 1.807) is 0 Å². The molecule has 0 saturated carbocycles. The van der Waals surface area contributed by atoms with Gasteiger partial charge in [-0.1, -0.05) is 5.16 Å². The minimum absolute atomic E-state index is 0.0238. The zero-order valence-corrected chi connectivity index (χ0v) is 15.9. The minimum Gasteiger partial charge on any atom is -0.486 e. The molecule has 1 saturated heterocycles. The van der Waals surface area contributed by atoms with Crippen LogP contribution in [0.3, 0.4) is 0 Å². The van der Waals surface area contributed by atoms with Crippen molar-refractivity contribution in [3.05, 3.63) is 35.2 Å². The quantitative estimate of drug-likeness (QED) is 0.878. The molecule has 3 heterocycles. The molecule has 1 aromatic heterocycles. The van der Waals surface area contributed by atoms with E-state index in [-0.39, 0.29) is 11.9 Å². The van der Waals surface area contributed by atoms with Gasteiger partial charge in [0.15, 0.2) is 11.5 Å². The van der Waals surface area contributed by atoms with Gasteiger partial charge in [-0.25, -0.2) is 0 Å². The number of nitrogens with zero attached hydrogens (tertiary/aromatic N) is 2. The number of hydrogen-bond donors (Lipinski definition) is 1. The smallest absolute Gasteiger partial charge is 0.292 e. The number of piperidine rings is 1. The SMILES string of the molecule is O=C(c1onc2c1CCCC2)N1CCC[C@@H](Nc2ccc3c(c2)OCCO3)C1. The maximum atomic E-state index is 13.1. The number of rotatable bonds is 3. The number of ether oxygens (including phenoxy) is 2. The predicted octanol–water partition coefficient (Wildman–Crippen LogP) is 3.04. The topological polar surface area (TPSA) is 76.8 Å². The van der Waals surface area contributed by atoms with E-state index in [1.165, 1.54) is 0 Å². The fourth-order valence-corrected chi connectivity index (χ4v) is 4.35. The van der Waals surface area contributed by atoms with Gasteiger partial charge in [0.05, 0.1) is 5.69 Å². The largest absolute Gasteiger partial charge is 0.486 e. The summed E-state index contributed by atoms with van der Waals surface area (Å²) in [5.74, 6) is 1.99. The van der Waals surface area contributed by atoms with Crippen molar-refractivity contribution in [2.24, 2.45) is 0 Å². The van der Waals surface area contributed by atoms with E-state index in [0.717, 1.165) is 73.5 Å². The summed E-state index contributed by atoms with van der Waals surface area (Å²) in [4.78, 5) is 14.9. The first-order chi connectivity index (χ1) is 13.8. The van der Waals surface area contributed by atoms with Crippen molar-refractivity contribution in [3.8, 4) is 11.5 Å². The molecule has 3 aliphatic rings. The number of aryl methyl sites for hydroxylation is 1. The number of amides is 1. The first-order valence-corrected chi connectivity index (χ1v) is 10.2. The van der Waals surface area contributed by atoms with Gasteiger partial charge in [0, 0.05) is 36.4 Å². The van der Waals surface area contributed by atoms with Crippen LogP contribution in [0.1, 0.15) is 47.5 Å². The predicted molar refractivity (Wildman–Crippen MR) is 103 cm³/mol. The Morgan fingerprint density at radius 3 is 2.89 bits per heavy atom. The van der Waals surface area contributed by atoms with Crippen LogP contribution in [0.5, 0.6) is 11.5 Å². The number of fused-ring (bicyclic) bond motifs is 2. The number of benzene rings is 1. The second-order valence-corrected chi connectivity index (χ2v) is 7.74. The highest BCUT2D eigenvalue weighted by Gasteiger charge is 2.31. The Labute approximate surface area is 164 Å². The highest BCUT2D eigenvalue weighted by molar-refractivity contribution is 5.93. The zero-order chi connectivity index (χ0) is 18.9. The second kappa shape index (κ2) is 7.37. The average Bonchev–Trinajstić information content (AvgIpc) is 3.17. The molecule has 28 heavy (non-hydrogen) atoms. The monoisotopic (exact) mass is 383 g/mol. The number of likely N-dealkylation sites (tertiary alicyclic amines) is 1. The standard InChI is InChI=1S/C21H25N3O4/c25-21(20-16-5-1-2-6-17(16)23-28-20)24-9-3-4-15(13-24)22-14-7-8-18-19(12-14)27-11-10-26-18/h7-8,12,15,22H,1-6,9-11,13H2/t15-/m1/s1. The summed E-state index contributed by atoms with van der Waals surface area (Å²) in [6.07, 6.45) is 6.02. The molecule has 1 aliphatic carbocycles. The lowest BCUT2D eigenvalue weighted by Crippen LogP contribution is -2.45. The summed E-state index contributed by atoms with van der Waals surface area (Å²) < 4.78 is 16.7. The normalized spacial score (nSPS) is 21.1. The van der Waals surface area contributed by atoms with Crippen molar-refractivity contribution in [2.45, 2.75) is 44.6 Å². The molecule has 148 valence electrons. The third-order valence-corrected chi connectivity index (χ3v) is 5.78. The molecule has 0 unspecified atom stereocenters. The third kappa shape index (κ3) is 3.30. The van der Waals surface area contributed by atoms with Gasteiger partial charge < -0.3 is 24.2 Å². The van der Waals surface area contributed by atoms with Crippen molar-refractivity contribution >= 4 is 11.6 Å². The maximum Gasteiger partial charge on any atom is 0.292 e. The molecule has 1 amide bonds. The zero-order valence-electron chi connectivity index (χ0n) is 15.9. The van der Waals surface area contributed by atoms with Crippen LogP contribution in [0.15, 0.2) is 22.7 Å². The van der Waals surface area contributed by atoms with Gasteiger partial charge in [-0.2, -0.15) is 0 Å². The van der Waals surface area contributed by atoms with E-state index in [1.807, 2.05) is 23.1 Å². The van der Waals surface area contributed by atoms with E-state index < -0.39 is 0 Å². The summed E-state index contributed by atoms with van der Waals surface area (Å²) in [6, 6.07) is 6.10. The number of aromatic nitrogens is 1. The molecule has 0 radical (unpaired) electrons. The lowest BCUT2D eigenvalue weighted by atomic mass is 9.95. The van der Waals surface area contributed by atoms with Gasteiger partial charge in [-0.15, -0.1) is 0 Å². The van der Waals surface area contributed by atoms with Crippen LogP contribution in [0.25, 0.3) is 0 Å². The summed E-state index contributed by atoms with van der Waals surface area (Å²) in [7, 11) is 0. The number of carbonyl (C=O) groups is 1. The van der Waals surface area contributed by atoms with Crippen LogP contribution >= 0.6 is 0 Å². The van der Waals surface area contributed by atoms with Gasteiger partial charge in [0.25, 0.3) is 5.91 Å². The van der Waals surface area contributed by atoms with Crippen molar-refractivity contribution in [1.29, 1.82) is 0 Å². The molecule has 7 nitrogen and oxygen atoms in total. The van der Waals surface area contributed by atoms with Crippen LogP contribution in [0.4, 0.5) is 5.69 Å². The second-order valence-electron chi connectivity index (χ2n) is 7.74. The third-order valence-electron chi connectivity index (χ3n) is 5.78. The van der Waals surface area contributed by atoms with Crippen molar-refractivity contribution in [2.75, 3.05) is 31.6 Å². The lowest BCUT2D eigenvalue weighted by molar-refractivity contribution is 0.0671. The number of nitrogens with one attached hydrogen (secondary N) is 1. The summed E-state index contributed by atoms with van der Waals surface area (Å²) in [6.45, 7) is 2.57. The molecule has 0 bridgehead atoms. The Bertz CT molecular complexity index is 879. The van der Waals surface area contributed by atoms with Gasteiger partial charge in [-0.3, -0.25) is 4.79 Å². The van der Waals surface area contributed by atoms with Crippen LogP contribution in [-0.4, -0.2) is 48.3 Å². The van der Waals surface area contributed by atoms with Crippen LogP contribution < -0.4 is 14.8 Å². The van der Waals surface area contributed by atoms with Gasteiger partial charge >= 0.3 is 0 Å². The molecule has 0 spiro atoms. The Kier molecular flexibility index (Phi) is 4.58. The molecular formula is C21H25N3O4. The molecule has 1 N–H and O–H groups in total. The molecule has 1 fully saturated rings. The van der Waals surface area contributed by atoms with E-state index in [0.29, 0.717) is 25.5 Å². The highest BCUT2D eigenvalue weighted by atomic mass is 16.6. The van der Waals surface area contributed by atoms with E-state index in [2.05, 4.69) is 10.5 Å². The van der Waals surface area contributed by atoms with Crippen molar-refractivity contribution in [1.82, 2.24) is 10.1 Å². The Morgan fingerprint density at radius 1 is 1.11 bits per heavy atom.